The van der Waals surface area contributed by atoms with Crippen molar-refractivity contribution < 1.29 is 27.8 Å². The number of amides is 1. The lowest BCUT2D eigenvalue weighted by atomic mass is 10.1. The van der Waals surface area contributed by atoms with Crippen LogP contribution in [0.1, 0.15) is 23.2 Å². The van der Waals surface area contributed by atoms with Gasteiger partial charge >= 0.3 is 0 Å². The molecule has 4 N–H and O–H groups in total. The number of β-amino-alcohol motifs (C(OH)–C–C–N with tert-alkyl or cyclic N) is 1. The first-order chi connectivity index (χ1) is 16.1. The molecule has 1 aliphatic rings. The lowest BCUT2D eigenvalue weighted by Gasteiger charge is -2.33. The molecule has 2 aromatic carbocycles. The third-order valence-electron chi connectivity index (χ3n) is 5.45. The Morgan fingerprint density at radius 2 is 1.91 bits per heavy atom. The summed E-state index contributed by atoms with van der Waals surface area (Å²) in [5.74, 6) is 0.0267. The fourth-order valence-electron chi connectivity index (χ4n) is 3.65. The molecule has 0 bridgehead atoms. The van der Waals surface area contributed by atoms with Gasteiger partial charge in [0.1, 0.15) is 17.6 Å². The summed E-state index contributed by atoms with van der Waals surface area (Å²) in [6.45, 7) is 1.50. The summed E-state index contributed by atoms with van der Waals surface area (Å²) < 4.78 is 38.6. The number of nitrogens with zero attached hydrogens (tertiary/aromatic N) is 1. The third kappa shape index (κ3) is 6.97. The molecule has 0 spiro atoms. The maximum absolute atomic E-state index is 12.6. The summed E-state index contributed by atoms with van der Waals surface area (Å²) in [5, 5.41) is 11.3. The van der Waals surface area contributed by atoms with Gasteiger partial charge in [-0.25, -0.2) is 13.1 Å². The van der Waals surface area contributed by atoms with E-state index in [0.29, 0.717) is 35.4 Å². The van der Waals surface area contributed by atoms with E-state index in [9.17, 15) is 18.3 Å². The van der Waals surface area contributed by atoms with E-state index in [-0.39, 0.29) is 28.9 Å². The first-order valence-electron chi connectivity index (χ1n) is 10.6. The van der Waals surface area contributed by atoms with Crippen molar-refractivity contribution in [3.8, 4) is 11.5 Å². The zero-order valence-corrected chi connectivity index (χ0v) is 20.9. The topological polar surface area (TPSA) is 131 Å². The molecule has 1 atom stereocenters. The first kappa shape index (κ1) is 26.5. The van der Waals surface area contributed by atoms with E-state index in [1.807, 2.05) is 4.90 Å². The highest BCUT2D eigenvalue weighted by molar-refractivity contribution is 7.89. The number of nitrogens with one attached hydrogen (secondary N) is 1. The van der Waals surface area contributed by atoms with Crippen LogP contribution in [0.15, 0.2) is 41.3 Å². The first-order valence-corrected chi connectivity index (χ1v) is 12.8. The van der Waals surface area contributed by atoms with Gasteiger partial charge in [-0.05, 0) is 43.2 Å². The molecule has 0 aromatic heterocycles. The van der Waals surface area contributed by atoms with Gasteiger partial charge in [0.05, 0.1) is 33.7 Å². The number of carbonyl (C=O) groups is 1. The Hall–Kier alpha value is -2.08. The molecule has 12 heteroatoms. The van der Waals surface area contributed by atoms with E-state index >= 15 is 0 Å². The van der Waals surface area contributed by atoms with Crippen LogP contribution in [0, 0.1) is 0 Å². The second-order valence-electron chi connectivity index (χ2n) is 7.93. The number of likely N-dealkylation sites (tertiary alicyclic amines) is 1. The van der Waals surface area contributed by atoms with Crippen molar-refractivity contribution in [2.45, 2.75) is 29.9 Å². The molecular weight excluding hydrogens is 505 g/mol. The third-order valence-corrected chi connectivity index (χ3v) is 7.61. The molecule has 1 fully saturated rings. The second kappa shape index (κ2) is 11.6. The standard InChI is InChI=1S/C22H27Cl2N3O6S/c1-32-21-5-3-17(11-18(21)22(25)29)34(30,31)26-12-14(28)13-27-8-6-15(7-9-27)33-16-2-4-19(23)20(24)10-16/h2-5,10-11,14-15,26,28H,6-9,12-13H2,1H3,(H2,25,29)/t14-/m0/s1. The van der Waals surface area contributed by atoms with Gasteiger partial charge in [0.25, 0.3) is 5.91 Å². The number of aliphatic hydroxyl groups excluding tert-OH is 1. The highest BCUT2D eigenvalue weighted by Crippen LogP contribution is 2.28. The predicted octanol–water partition coefficient (Wildman–Crippen LogP) is 2.28. The number of piperidine rings is 1. The minimum Gasteiger partial charge on any atom is -0.496 e. The molecule has 2 aromatic rings. The van der Waals surface area contributed by atoms with Crippen LogP contribution in [0.4, 0.5) is 0 Å². The van der Waals surface area contributed by atoms with E-state index < -0.39 is 22.0 Å². The molecule has 0 saturated carbocycles. The predicted molar refractivity (Wildman–Crippen MR) is 129 cm³/mol. The fourth-order valence-corrected chi connectivity index (χ4v) is 5.04. The van der Waals surface area contributed by atoms with Gasteiger partial charge in [0, 0.05) is 32.2 Å². The Morgan fingerprint density at radius 3 is 2.53 bits per heavy atom. The molecule has 0 unspecified atom stereocenters. The van der Waals surface area contributed by atoms with Gasteiger partial charge < -0.3 is 25.2 Å². The Kier molecular flexibility index (Phi) is 9.02. The van der Waals surface area contributed by atoms with Gasteiger partial charge in [0.15, 0.2) is 0 Å². The Labute approximate surface area is 208 Å². The van der Waals surface area contributed by atoms with Crippen LogP contribution in [-0.2, 0) is 10.0 Å². The summed E-state index contributed by atoms with van der Waals surface area (Å²) in [4.78, 5) is 13.5. The van der Waals surface area contributed by atoms with Crippen LogP contribution < -0.4 is 19.9 Å². The fraction of sp³-hybridized carbons (Fsp3) is 0.409. The van der Waals surface area contributed by atoms with Gasteiger partial charge in [-0.2, -0.15) is 0 Å². The average molecular weight is 532 g/mol. The van der Waals surface area contributed by atoms with Crippen LogP contribution in [-0.4, -0.2) is 69.8 Å². The van der Waals surface area contributed by atoms with Crippen molar-refractivity contribution >= 4 is 39.1 Å². The molecule has 1 heterocycles. The molecule has 1 amide bonds. The Balaban J connectivity index is 1.48. The van der Waals surface area contributed by atoms with E-state index in [1.54, 1.807) is 18.2 Å². The summed E-state index contributed by atoms with van der Waals surface area (Å²) in [5.41, 5.74) is 5.25. The molecular formula is C22H27Cl2N3O6S. The van der Waals surface area contributed by atoms with Crippen LogP contribution in [0.2, 0.25) is 10.0 Å². The van der Waals surface area contributed by atoms with E-state index in [4.69, 9.17) is 38.4 Å². The number of ether oxygens (including phenoxy) is 2. The SMILES string of the molecule is COc1ccc(S(=O)(=O)NC[C@H](O)CN2CCC(Oc3ccc(Cl)c(Cl)c3)CC2)cc1C(N)=O. The number of methoxy groups -OCH3 is 1. The number of nitrogens with two attached hydrogens (primary N) is 1. The molecule has 34 heavy (non-hydrogen) atoms. The molecule has 186 valence electrons. The van der Waals surface area contributed by atoms with Crippen LogP contribution in [0.3, 0.4) is 0 Å². The lowest BCUT2D eigenvalue weighted by Crippen LogP contribution is -2.45. The lowest BCUT2D eigenvalue weighted by molar-refractivity contribution is 0.0630. The number of sulfonamides is 1. The smallest absolute Gasteiger partial charge is 0.252 e. The molecule has 1 saturated heterocycles. The number of carbonyl (C=O) groups excluding carboxylic acids is 1. The molecule has 1 aliphatic heterocycles. The van der Waals surface area contributed by atoms with E-state index in [0.717, 1.165) is 18.9 Å². The van der Waals surface area contributed by atoms with Crippen LogP contribution in [0.5, 0.6) is 11.5 Å². The number of hydrogen-bond acceptors (Lipinski definition) is 7. The largest absolute Gasteiger partial charge is 0.496 e. The monoisotopic (exact) mass is 531 g/mol. The normalized spacial score (nSPS) is 16.2. The molecule has 0 radical (unpaired) electrons. The Morgan fingerprint density at radius 1 is 1.21 bits per heavy atom. The summed E-state index contributed by atoms with van der Waals surface area (Å²) in [6, 6.07) is 8.95. The van der Waals surface area contributed by atoms with Gasteiger partial charge in [-0.15, -0.1) is 0 Å². The number of halogens is 2. The Bertz CT molecular complexity index is 1120. The quantitative estimate of drug-likeness (QED) is 0.428. The molecule has 3 rings (SSSR count). The van der Waals surface area contributed by atoms with Crippen molar-refractivity contribution in [3.63, 3.8) is 0 Å². The van der Waals surface area contributed by atoms with Gasteiger partial charge in [-0.3, -0.25) is 4.79 Å². The maximum atomic E-state index is 12.6. The zero-order chi connectivity index (χ0) is 24.9. The zero-order valence-electron chi connectivity index (χ0n) is 18.5. The second-order valence-corrected chi connectivity index (χ2v) is 10.5. The van der Waals surface area contributed by atoms with Crippen molar-refractivity contribution in [2.75, 3.05) is 33.3 Å². The van der Waals surface area contributed by atoms with Crippen LogP contribution >= 0.6 is 23.2 Å². The van der Waals surface area contributed by atoms with Gasteiger partial charge in [0.2, 0.25) is 10.0 Å². The van der Waals surface area contributed by atoms with E-state index in [1.165, 1.54) is 19.2 Å². The minimum atomic E-state index is -3.96. The van der Waals surface area contributed by atoms with Gasteiger partial charge in [-0.1, -0.05) is 23.2 Å². The minimum absolute atomic E-state index is 0.0126. The number of rotatable bonds is 10. The van der Waals surface area contributed by atoms with Crippen molar-refractivity contribution in [1.82, 2.24) is 9.62 Å². The number of benzene rings is 2. The van der Waals surface area contributed by atoms with Crippen LogP contribution in [0.25, 0.3) is 0 Å². The summed E-state index contributed by atoms with van der Waals surface area (Å²) >= 11 is 12.0. The van der Waals surface area contributed by atoms with Crippen molar-refractivity contribution in [1.29, 1.82) is 0 Å². The molecule has 9 nitrogen and oxygen atoms in total. The molecule has 0 aliphatic carbocycles. The average Bonchev–Trinajstić information content (AvgIpc) is 2.81. The highest BCUT2D eigenvalue weighted by Gasteiger charge is 2.24. The summed E-state index contributed by atoms with van der Waals surface area (Å²) in [7, 11) is -2.61. The van der Waals surface area contributed by atoms with E-state index in [2.05, 4.69) is 4.72 Å². The van der Waals surface area contributed by atoms with Crippen molar-refractivity contribution in [3.05, 3.63) is 52.0 Å². The van der Waals surface area contributed by atoms with Crippen molar-refractivity contribution in [2.24, 2.45) is 5.73 Å². The summed E-state index contributed by atoms with van der Waals surface area (Å²) in [6.07, 6.45) is 0.593. The number of aliphatic hydroxyl groups is 1. The number of primary amides is 1. The maximum Gasteiger partial charge on any atom is 0.252 e. The highest BCUT2D eigenvalue weighted by atomic mass is 35.5. The number of hydrogen-bond donors (Lipinski definition) is 3.